The Morgan fingerprint density at radius 2 is 2.04 bits per heavy atom. The summed E-state index contributed by atoms with van der Waals surface area (Å²) in [6, 6.07) is 10.1. The molecule has 0 radical (unpaired) electrons. The molecule has 0 aliphatic rings. The second-order valence-electron chi connectivity index (χ2n) is 5.43. The van der Waals surface area contributed by atoms with Crippen LogP contribution in [0.5, 0.6) is 0 Å². The van der Waals surface area contributed by atoms with E-state index in [1.807, 2.05) is 24.0 Å². The fourth-order valence-corrected chi connectivity index (χ4v) is 2.46. The minimum absolute atomic E-state index is 0.277. The van der Waals surface area contributed by atoms with E-state index in [9.17, 15) is 4.39 Å². The predicted molar refractivity (Wildman–Crippen MR) is 88.3 cm³/mol. The molecule has 0 N–H and O–H groups in total. The van der Waals surface area contributed by atoms with Gasteiger partial charge in [-0.3, -0.25) is 4.90 Å². The van der Waals surface area contributed by atoms with E-state index in [2.05, 4.69) is 10.9 Å². The van der Waals surface area contributed by atoms with Crippen LogP contribution in [0.4, 0.5) is 4.39 Å². The van der Waals surface area contributed by atoms with E-state index in [1.54, 1.807) is 24.5 Å². The van der Waals surface area contributed by atoms with Gasteiger partial charge in [-0.2, -0.15) is 0 Å². The number of hydrogen-bond donors (Lipinski definition) is 0. The zero-order chi connectivity index (χ0) is 16.9. The van der Waals surface area contributed by atoms with Crippen LogP contribution in [0.2, 0.25) is 0 Å². The standard InChI is InChI=1S/C19H17FN2O2/c1-3-10-22(12-15-7-6-11-23-15)13-18-14(2)24-19(21-18)16-8-4-5-9-17(16)20/h1,4-9,11H,10,12-13H2,2H3. The van der Waals surface area contributed by atoms with Crippen molar-refractivity contribution in [2.45, 2.75) is 20.0 Å². The first-order chi connectivity index (χ1) is 11.7. The van der Waals surface area contributed by atoms with Crippen LogP contribution in [0.1, 0.15) is 17.2 Å². The SMILES string of the molecule is C#CCN(Cc1ccco1)Cc1nc(-c2ccccc2F)oc1C. The van der Waals surface area contributed by atoms with Gasteiger partial charge >= 0.3 is 0 Å². The molecule has 2 heterocycles. The molecule has 3 rings (SSSR count). The number of hydrogen-bond acceptors (Lipinski definition) is 4. The van der Waals surface area contributed by atoms with E-state index in [0.29, 0.717) is 31.0 Å². The number of oxazole rings is 1. The predicted octanol–water partition coefficient (Wildman–Crippen LogP) is 4.02. The van der Waals surface area contributed by atoms with E-state index in [4.69, 9.17) is 15.3 Å². The minimum Gasteiger partial charge on any atom is -0.468 e. The number of benzene rings is 1. The Bertz CT molecular complexity index is 847. The Balaban J connectivity index is 1.81. The highest BCUT2D eigenvalue weighted by molar-refractivity contribution is 5.54. The minimum atomic E-state index is -0.360. The molecule has 4 nitrogen and oxygen atoms in total. The molecular formula is C19H17FN2O2. The van der Waals surface area contributed by atoms with E-state index < -0.39 is 0 Å². The third kappa shape index (κ3) is 3.55. The summed E-state index contributed by atoms with van der Waals surface area (Å²) in [5, 5.41) is 0. The molecule has 0 atom stereocenters. The van der Waals surface area contributed by atoms with E-state index in [-0.39, 0.29) is 11.7 Å². The second-order valence-corrected chi connectivity index (χ2v) is 5.43. The molecule has 2 aromatic heterocycles. The topological polar surface area (TPSA) is 42.4 Å². The van der Waals surface area contributed by atoms with Crippen LogP contribution >= 0.6 is 0 Å². The highest BCUT2D eigenvalue weighted by Gasteiger charge is 2.17. The Morgan fingerprint density at radius 3 is 2.75 bits per heavy atom. The van der Waals surface area contributed by atoms with E-state index in [0.717, 1.165) is 11.5 Å². The molecule has 0 aliphatic carbocycles. The third-order valence-corrected chi connectivity index (χ3v) is 3.64. The zero-order valence-electron chi connectivity index (χ0n) is 13.3. The van der Waals surface area contributed by atoms with Crippen molar-refractivity contribution < 1.29 is 13.2 Å². The van der Waals surface area contributed by atoms with Gasteiger partial charge in [0.05, 0.1) is 30.6 Å². The first-order valence-electron chi connectivity index (χ1n) is 7.56. The van der Waals surface area contributed by atoms with Crippen LogP contribution in [0.25, 0.3) is 11.5 Å². The Kier molecular flexibility index (Phi) is 4.78. The summed E-state index contributed by atoms with van der Waals surface area (Å²) in [6.07, 6.45) is 7.08. The van der Waals surface area contributed by atoms with Gasteiger partial charge in [-0.05, 0) is 31.2 Å². The number of aryl methyl sites for hydroxylation is 1. The number of terminal acetylenes is 1. The molecule has 0 saturated heterocycles. The van der Waals surface area contributed by atoms with Crippen molar-refractivity contribution in [1.82, 2.24) is 9.88 Å². The van der Waals surface area contributed by atoms with Crippen LogP contribution < -0.4 is 0 Å². The van der Waals surface area contributed by atoms with Crippen LogP contribution in [0.3, 0.4) is 0 Å². The highest BCUT2D eigenvalue weighted by Crippen LogP contribution is 2.25. The van der Waals surface area contributed by atoms with Crippen molar-refractivity contribution in [3.63, 3.8) is 0 Å². The third-order valence-electron chi connectivity index (χ3n) is 3.64. The first-order valence-corrected chi connectivity index (χ1v) is 7.56. The highest BCUT2D eigenvalue weighted by atomic mass is 19.1. The summed E-state index contributed by atoms with van der Waals surface area (Å²) in [5.41, 5.74) is 1.08. The fraction of sp³-hybridized carbons (Fsp3) is 0.211. The number of furan rings is 1. The molecule has 0 aliphatic heterocycles. The first kappa shape index (κ1) is 16.0. The van der Waals surface area contributed by atoms with E-state index in [1.165, 1.54) is 6.07 Å². The Morgan fingerprint density at radius 1 is 1.21 bits per heavy atom. The molecule has 0 amide bonds. The number of rotatable bonds is 6. The monoisotopic (exact) mass is 324 g/mol. The maximum atomic E-state index is 13.9. The number of nitrogens with zero attached hydrogens (tertiary/aromatic N) is 2. The lowest BCUT2D eigenvalue weighted by molar-refractivity contribution is 0.260. The summed E-state index contributed by atoms with van der Waals surface area (Å²) in [6.45, 7) is 3.32. The fourth-order valence-electron chi connectivity index (χ4n) is 2.46. The van der Waals surface area contributed by atoms with Crippen LogP contribution in [0, 0.1) is 25.1 Å². The normalized spacial score (nSPS) is 10.9. The summed E-state index contributed by atoms with van der Waals surface area (Å²) in [7, 11) is 0. The summed E-state index contributed by atoms with van der Waals surface area (Å²) < 4.78 is 24.9. The lowest BCUT2D eigenvalue weighted by atomic mass is 10.2. The lowest BCUT2D eigenvalue weighted by Crippen LogP contribution is -2.23. The maximum Gasteiger partial charge on any atom is 0.229 e. The van der Waals surface area contributed by atoms with Gasteiger partial charge in [0.2, 0.25) is 5.89 Å². The maximum absolute atomic E-state index is 13.9. The van der Waals surface area contributed by atoms with Gasteiger partial charge in [0.25, 0.3) is 0 Å². The largest absolute Gasteiger partial charge is 0.468 e. The molecule has 0 spiro atoms. The average Bonchev–Trinajstić information content (AvgIpc) is 3.19. The average molecular weight is 324 g/mol. The second kappa shape index (κ2) is 7.16. The van der Waals surface area contributed by atoms with Gasteiger partial charge in [0.15, 0.2) is 0 Å². The van der Waals surface area contributed by atoms with Gasteiger partial charge in [-0.15, -0.1) is 6.42 Å². The van der Waals surface area contributed by atoms with Gasteiger partial charge in [0.1, 0.15) is 17.3 Å². The van der Waals surface area contributed by atoms with Crippen LogP contribution in [0.15, 0.2) is 51.5 Å². The molecule has 24 heavy (non-hydrogen) atoms. The summed E-state index contributed by atoms with van der Waals surface area (Å²) in [4.78, 5) is 6.45. The Labute approximate surface area is 139 Å². The molecule has 0 saturated carbocycles. The molecule has 0 fully saturated rings. The Hall–Kier alpha value is -2.84. The lowest BCUT2D eigenvalue weighted by Gasteiger charge is -2.17. The molecule has 1 aromatic carbocycles. The van der Waals surface area contributed by atoms with Gasteiger partial charge < -0.3 is 8.83 Å². The van der Waals surface area contributed by atoms with Gasteiger partial charge in [-0.1, -0.05) is 18.1 Å². The van der Waals surface area contributed by atoms with Gasteiger partial charge in [0, 0.05) is 6.54 Å². The van der Waals surface area contributed by atoms with Crippen molar-refractivity contribution in [2.24, 2.45) is 0 Å². The van der Waals surface area contributed by atoms with Crippen molar-refractivity contribution >= 4 is 0 Å². The summed E-state index contributed by atoms with van der Waals surface area (Å²) >= 11 is 0. The van der Waals surface area contributed by atoms with Crippen LogP contribution in [-0.4, -0.2) is 16.4 Å². The summed E-state index contributed by atoms with van der Waals surface area (Å²) in [5.74, 6) is 4.02. The van der Waals surface area contributed by atoms with Crippen molar-refractivity contribution in [2.75, 3.05) is 6.54 Å². The zero-order valence-corrected chi connectivity index (χ0v) is 13.3. The number of aromatic nitrogens is 1. The molecule has 5 heteroatoms. The molecule has 3 aromatic rings. The molecular weight excluding hydrogens is 307 g/mol. The molecule has 122 valence electrons. The quantitative estimate of drug-likeness (QED) is 0.642. The van der Waals surface area contributed by atoms with Gasteiger partial charge in [-0.25, -0.2) is 9.37 Å². The molecule has 0 bridgehead atoms. The van der Waals surface area contributed by atoms with Crippen LogP contribution in [-0.2, 0) is 13.1 Å². The smallest absolute Gasteiger partial charge is 0.229 e. The number of halogens is 1. The van der Waals surface area contributed by atoms with Crippen molar-refractivity contribution in [1.29, 1.82) is 0 Å². The molecule has 0 unspecified atom stereocenters. The van der Waals surface area contributed by atoms with Crippen molar-refractivity contribution in [3.8, 4) is 23.8 Å². The van der Waals surface area contributed by atoms with E-state index >= 15 is 0 Å². The van der Waals surface area contributed by atoms with Crippen molar-refractivity contribution in [3.05, 3.63) is 65.7 Å².